The molecule has 0 saturated heterocycles. The third kappa shape index (κ3) is 5.71. The van der Waals surface area contributed by atoms with Gasteiger partial charge in [0.05, 0.1) is 5.69 Å². The molecule has 0 amide bonds. The van der Waals surface area contributed by atoms with Crippen molar-refractivity contribution in [3.63, 3.8) is 0 Å². The Kier molecular flexibility index (Phi) is 7.85. The molecule has 2 heteroatoms. The summed E-state index contributed by atoms with van der Waals surface area (Å²) in [6.07, 6.45) is 0. The maximum absolute atomic E-state index is 6.50. The molecule has 0 aliphatic heterocycles. The predicted octanol–water partition coefficient (Wildman–Crippen LogP) is 14.9. The first-order chi connectivity index (χ1) is 26.8. The van der Waals surface area contributed by atoms with Crippen molar-refractivity contribution in [2.45, 2.75) is 0 Å². The van der Waals surface area contributed by atoms with Crippen LogP contribution in [0.2, 0.25) is 0 Å². The fourth-order valence-corrected chi connectivity index (χ4v) is 7.78. The average Bonchev–Trinajstić information content (AvgIpc) is 3.64. The number of benzene rings is 9. The van der Waals surface area contributed by atoms with Crippen molar-refractivity contribution >= 4 is 49.8 Å². The van der Waals surface area contributed by atoms with Gasteiger partial charge in [-0.2, -0.15) is 0 Å². The van der Waals surface area contributed by atoms with Crippen molar-refractivity contribution in [1.82, 2.24) is 0 Å². The fraction of sp³-hybridized carbons (Fsp3) is 0. The van der Waals surface area contributed by atoms with Crippen LogP contribution in [0.3, 0.4) is 0 Å². The molecule has 0 aliphatic rings. The number of hydrogen-bond donors (Lipinski definition) is 0. The van der Waals surface area contributed by atoms with Gasteiger partial charge in [-0.05, 0) is 98.9 Å². The van der Waals surface area contributed by atoms with Gasteiger partial charge in [-0.1, -0.05) is 158 Å². The SMILES string of the molecule is c1ccc(-c2cccc(-c3ccc(N(c4cccc(-c5ccccc5)c4)c4ccccc4-c4ccc5oc6c7ccccc7ccc6c5c4)cc3)c2)cc1. The molecule has 0 bridgehead atoms. The molecule has 0 fully saturated rings. The van der Waals surface area contributed by atoms with Gasteiger partial charge < -0.3 is 9.32 Å². The van der Waals surface area contributed by atoms with Gasteiger partial charge >= 0.3 is 0 Å². The molecular weight excluding hydrogens is 655 g/mol. The summed E-state index contributed by atoms with van der Waals surface area (Å²) in [7, 11) is 0. The van der Waals surface area contributed by atoms with Gasteiger partial charge in [-0.25, -0.2) is 0 Å². The van der Waals surface area contributed by atoms with Gasteiger partial charge in [-0.3, -0.25) is 0 Å². The van der Waals surface area contributed by atoms with Crippen LogP contribution in [-0.2, 0) is 0 Å². The Morgan fingerprint density at radius 2 is 0.907 bits per heavy atom. The molecule has 0 spiro atoms. The molecule has 0 radical (unpaired) electrons. The van der Waals surface area contributed by atoms with Crippen LogP contribution in [0.4, 0.5) is 17.1 Å². The van der Waals surface area contributed by atoms with E-state index in [0.29, 0.717) is 0 Å². The van der Waals surface area contributed by atoms with Crippen molar-refractivity contribution in [2.75, 3.05) is 4.90 Å². The van der Waals surface area contributed by atoms with Crippen LogP contribution in [0.5, 0.6) is 0 Å². The summed E-state index contributed by atoms with van der Waals surface area (Å²) in [6.45, 7) is 0. The normalized spacial score (nSPS) is 11.3. The van der Waals surface area contributed by atoms with Gasteiger partial charge in [0.15, 0.2) is 0 Å². The van der Waals surface area contributed by atoms with Crippen LogP contribution >= 0.6 is 0 Å². The van der Waals surface area contributed by atoms with Crippen molar-refractivity contribution in [1.29, 1.82) is 0 Å². The Hall–Kier alpha value is -7.16. The van der Waals surface area contributed by atoms with E-state index in [1.54, 1.807) is 0 Å². The lowest BCUT2D eigenvalue weighted by Gasteiger charge is -2.28. The van der Waals surface area contributed by atoms with E-state index in [0.717, 1.165) is 55.5 Å². The second-order valence-corrected chi connectivity index (χ2v) is 13.7. The molecule has 1 heterocycles. The third-order valence-electron chi connectivity index (χ3n) is 10.5. The minimum absolute atomic E-state index is 0.891. The molecular formula is C52H35NO. The number of hydrogen-bond acceptors (Lipinski definition) is 2. The summed E-state index contributed by atoms with van der Waals surface area (Å²) in [5, 5.41) is 4.55. The van der Waals surface area contributed by atoms with Crippen molar-refractivity contribution in [2.24, 2.45) is 0 Å². The highest BCUT2D eigenvalue weighted by molar-refractivity contribution is 6.15. The summed E-state index contributed by atoms with van der Waals surface area (Å²) in [4.78, 5) is 2.39. The van der Waals surface area contributed by atoms with Gasteiger partial charge in [0.2, 0.25) is 0 Å². The monoisotopic (exact) mass is 689 g/mol. The zero-order valence-electron chi connectivity index (χ0n) is 29.6. The Labute approximate surface area is 314 Å². The zero-order chi connectivity index (χ0) is 35.8. The first kappa shape index (κ1) is 31.6. The predicted molar refractivity (Wildman–Crippen MR) is 228 cm³/mol. The molecule has 0 unspecified atom stereocenters. The summed E-state index contributed by atoms with van der Waals surface area (Å²) in [5.41, 5.74) is 14.5. The fourth-order valence-electron chi connectivity index (χ4n) is 7.78. The van der Waals surface area contributed by atoms with Gasteiger partial charge in [0, 0.05) is 33.1 Å². The van der Waals surface area contributed by atoms with E-state index in [2.05, 4.69) is 217 Å². The van der Waals surface area contributed by atoms with Crippen LogP contribution in [0.1, 0.15) is 0 Å². The highest BCUT2D eigenvalue weighted by Crippen LogP contribution is 2.44. The molecule has 254 valence electrons. The summed E-state index contributed by atoms with van der Waals surface area (Å²) in [6, 6.07) is 75.9. The molecule has 1 aromatic heterocycles. The van der Waals surface area contributed by atoms with Gasteiger partial charge in [-0.15, -0.1) is 0 Å². The summed E-state index contributed by atoms with van der Waals surface area (Å²) < 4.78 is 6.50. The number of furan rings is 1. The number of nitrogens with zero attached hydrogens (tertiary/aromatic N) is 1. The Morgan fingerprint density at radius 1 is 0.315 bits per heavy atom. The standard InChI is InChI=1S/C52H35NO/c1-3-13-36(14-4-1)40-18-11-19-41(33-40)38-25-29-44(30-26-38)53(45-21-12-20-42(34-45)37-15-5-2-6-16-37)50-24-10-9-22-46(50)43-28-32-51-49(35-43)48-31-27-39-17-7-8-23-47(39)52(48)54-51/h1-35H. The van der Waals surface area contributed by atoms with Crippen LogP contribution in [0.15, 0.2) is 217 Å². The van der Waals surface area contributed by atoms with E-state index in [1.807, 2.05) is 0 Å². The summed E-state index contributed by atoms with van der Waals surface area (Å²) in [5.74, 6) is 0. The molecule has 0 N–H and O–H groups in total. The molecule has 10 aromatic rings. The van der Waals surface area contributed by atoms with Gasteiger partial charge in [0.1, 0.15) is 11.2 Å². The first-order valence-electron chi connectivity index (χ1n) is 18.4. The van der Waals surface area contributed by atoms with Crippen LogP contribution in [0, 0.1) is 0 Å². The number of para-hydroxylation sites is 1. The number of rotatable bonds is 7. The second-order valence-electron chi connectivity index (χ2n) is 13.7. The molecule has 0 saturated carbocycles. The number of fused-ring (bicyclic) bond motifs is 5. The first-order valence-corrected chi connectivity index (χ1v) is 18.4. The lowest BCUT2D eigenvalue weighted by molar-refractivity contribution is 0.672. The Balaban J connectivity index is 1.11. The van der Waals surface area contributed by atoms with Crippen molar-refractivity contribution < 1.29 is 4.42 Å². The van der Waals surface area contributed by atoms with Crippen LogP contribution in [-0.4, -0.2) is 0 Å². The third-order valence-corrected chi connectivity index (χ3v) is 10.5. The minimum atomic E-state index is 0.891. The number of anilines is 3. The van der Waals surface area contributed by atoms with Crippen LogP contribution < -0.4 is 4.90 Å². The van der Waals surface area contributed by atoms with E-state index in [-0.39, 0.29) is 0 Å². The molecule has 10 rings (SSSR count). The van der Waals surface area contributed by atoms with Gasteiger partial charge in [0.25, 0.3) is 0 Å². The Morgan fingerprint density at radius 3 is 1.67 bits per heavy atom. The van der Waals surface area contributed by atoms with E-state index in [4.69, 9.17) is 4.42 Å². The highest BCUT2D eigenvalue weighted by atomic mass is 16.3. The highest BCUT2D eigenvalue weighted by Gasteiger charge is 2.19. The topological polar surface area (TPSA) is 16.4 Å². The molecule has 0 atom stereocenters. The van der Waals surface area contributed by atoms with E-state index in [9.17, 15) is 0 Å². The molecule has 54 heavy (non-hydrogen) atoms. The van der Waals surface area contributed by atoms with Crippen molar-refractivity contribution in [3.05, 3.63) is 212 Å². The smallest absolute Gasteiger partial charge is 0.143 e. The average molecular weight is 690 g/mol. The van der Waals surface area contributed by atoms with E-state index in [1.165, 1.54) is 38.8 Å². The van der Waals surface area contributed by atoms with Crippen LogP contribution in [0.25, 0.3) is 77.2 Å². The van der Waals surface area contributed by atoms with Crippen molar-refractivity contribution in [3.8, 4) is 44.5 Å². The quantitative estimate of drug-likeness (QED) is 0.166. The largest absolute Gasteiger partial charge is 0.455 e. The van der Waals surface area contributed by atoms with E-state index < -0.39 is 0 Å². The lowest BCUT2D eigenvalue weighted by atomic mass is 9.97. The maximum Gasteiger partial charge on any atom is 0.143 e. The second kappa shape index (κ2) is 13.4. The minimum Gasteiger partial charge on any atom is -0.455 e. The molecule has 2 nitrogen and oxygen atoms in total. The summed E-state index contributed by atoms with van der Waals surface area (Å²) >= 11 is 0. The van der Waals surface area contributed by atoms with E-state index >= 15 is 0 Å². The lowest BCUT2D eigenvalue weighted by Crippen LogP contribution is -2.11. The maximum atomic E-state index is 6.50. The Bertz CT molecular complexity index is 2920. The zero-order valence-corrected chi connectivity index (χ0v) is 29.6. The molecule has 0 aliphatic carbocycles. The molecule has 9 aromatic carbocycles.